The fourth-order valence-electron chi connectivity index (χ4n) is 3.74. The van der Waals surface area contributed by atoms with Crippen LogP contribution >= 0.6 is 0 Å². The summed E-state index contributed by atoms with van der Waals surface area (Å²) in [5.41, 5.74) is 1.89. The molecule has 0 unspecified atom stereocenters. The van der Waals surface area contributed by atoms with Crippen LogP contribution in [0.1, 0.15) is 29.8 Å². The number of rotatable bonds is 5. The summed E-state index contributed by atoms with van der Waals surface area (Å²) < 4.78 is 32.1. The second-order valence-electron chi connectivity index (χ2n) is 7.74. The zero-order chi connectivity index (χ0) is 22.7. The summed E-state index contributed by atoms with van der Waals surface area (Å²) in [6.45, 7) is 5.84. The maximum absolute atomic E-state index is 13.4. The van der Waals surface area contributed by atoms with Crippen molar-refractivity contribution < 1.29 is 18.3 Å². The molecule has 0 aliphatic carbocycles. The topological polar surface area (TPSA) is 58.6 Å². The Labute approximate surface area is 185 Å². The Balaban J connectivity index is 1.43. The first-order valence-electron chi connectivity index (χ1n) is 10.5. The van der Waals surface area contributed by atoms with Crippen LogP contribution < -0.4 is 9.64 Å². The lowest BCUT2D eigenvalue weighted by molar-refractivity contribution is 0.0673. The van der Waals surface area contributed by atoms with E-state index in [1.54, 1.807) is 6.07 Å². The van der Waals surface area contributed by atoms with Gasteiger partial charge in [-0.1, -0.05) is 19.1 Å². The Morgan fingerprint density at radius 3 is 2.53 bits per heavy atom. The molecule has 1 fully saturated rings. The first kappa shape index (κ1) is 21.7. The van der Waals surface area contributed by atoms with Gasteiger partial charge in [0.2, 0.25) is 5.88 Å². The van der Waals surface area contributed by atoms with Gasteiger partial charge in [0, 0.05) is 43.4 Å². The van der Waals surface area contributed by atoms with E-state index in [4.69, 9.17) is 4.74 Å². The largest absolute Gasteiger partial charge is 0.439 e. The number of amides is 1. The van der Waals surface area contributed by atoms with Crippen LogP contribution in [0.5, 0.6) is 11.6 Å². The predicted molar refractivity (Wildman–Crippen MR) is 117 cm³/mol. The summed E-state index contributed by atoms with van der Waals surface area (Å²) in [4.78, 5) is 25.3. The fraction of sp³-hybridized carbons (Fsp3) is 0.292. The van der Waals surface area contributed by atoms with Gasteiger partial charge in [0.15, 0.2) is 11.6 Å². The third-order valence-electron chi connectivity index (χ3n) is 5.56. The van der Waals surface area contributed by atoms with Gasteiger partial charge >= 0.3 is 0 Å². The standard InChI is InChI=1S/C24H24F2N4O2/c1-3-17-4-6-18(7-5-17)24(31)30-11-10-29(14-16(30)2)22-13-23(28-15-27-22)32-19-8-9-20(25)21(26)12-19/h4-9,12-13,15-16H,3,10-11,14H2,1-2H3/t16-/m1/s1. The van der Waals surface area contributed by atoms with Crippen LogP contribution in [-0.2, 0) is 6.42 Å². The van der Waals surface area contributed by atoms with Crippen LogP contribution in [0, 0.1) is 11.6 Å². The molecular weight excluding hydrogens is 414 g/mol. The SMILES string of the molecule is CCc1ccc(C(=O)N2CCN(c3cc(Oc4ccc(F)c(F)c4)ncn3)C[C@H]2C)cc1. The zero-order valence-corrected chi connectivity index (χ0v) is 18.0. The van der Waals surface area contributed by atoms with Gasteiger partial charge in [-0.15, -0.1) is 0 Å². The molecule has 0 N–H and O–H groups in total. The molecule has 0 bridgehead atoms. The number of aromatic nitrogens is 2. The van der Waals surface area contributed by atoms with Crippen molar-refractivity contribution >= 4 is 11.7 Å². The minimum absolute atomic E-state index is 0.0184. The normalized spacial score (nSPS) is 16.2. The highest BCUT2D eigenvalue weighted by Gasteiger charge is 2.29. The van der Waals surface area contributed by atoms with E-state index in [0.717, 1.165) is 18.6 Å². The van der Waals surface area contributed by atoms with E-state index in [1.165, 1.54) is 18.0 Å². The van der Waals surface area contributed by atoms with E-state index in [0.29, 0.717) is 31.0 Å². The lowest BCUT2D eigenvalue weighted by atomic mass is 10.1. The molecular formula is C24H24F2N4O2. The minimum Gasteiger partial charge on any atom is -0.439 e. The van der Waals surface area contributed by atoms with Crippen LogP contribution in [0.4, 0.5) is 14.6 Å². The highest BCUT2D eigenvalue weighted by molar-refractivity contribution is 5.94. The molecule has 1 aliphatic rings. The van der Waals surface area contributed by atoms with E-state index in [-0.39, 0.29) is 23.6 Å². The highest BCUT2D eigenvalue weighted by Crippen LogP contribution is 2.25. The first-order chi connectivity index (χ1) is 15.4. The molecule has 0 saturated carbocycles. The summed E-state index contributed by atoms with van der Waals surface area (Å²) in [5, 5.41) is 0. The average Bonchev–Trinajstić information content (AvgIpc) is 2.81. The molecule has 1 aliphatic heterocycles. The van der Waals surface area contributed by atoms with Crippen molar-refractivity contribution in [2.75, 3.05) is 24.5 Å². The zero-order valence-electron chi connectivity index (χ0n) is 18.0. The Bertz CT molecular complexity index is 1110. The molecule has 6 nitrogen and oxygen atoms in total. The summed E-state index contributed by atoms with van der Waals surface area (Å²) in [5.74, 6) is -0.901. The van der Waals surface area contributed by atoms with Gasteiger partial charge in [-0.05, 0) is 43.2 Å². The van der Waals surface area contributed by atoms with E-state index in [9.17, 15) is 13.6 Å². The van der Waals surface area contributed by atoms with Crippen LogP contribution in [0.2, 0.25) is 0 Å². The lowest BCUT2D eigenvalue weighted by Crippen LogP contribution is -2.54. The van der Waals surface area contributed by atoms with Crippen molar-refractivity contribution in [2.24, 2.45) is 0 Å². The van der Waals surface area contributed by atoms with Gasteiger partial charge in [-0.2, -0.15) is 0 Å². The molecule has 0 spiro atoms. The van der Waals surface area contributed by atoms with Crippen molar-refractivity contribution in [2.45, 2.75) is 26.3 Å². The number of ether oxygens (including phenoxy) is 1. The molecule has 1 atom stereocenters. The maximum Gasteiger partial charge on any atom is 0.254 e. The van der Waals surface area contributed by atoms with Gasteiger partial charge < -0.3 is 14.5 Å². The second kappa shape index (κ2) is 9.30. The van der Waals surface area contributed by atoms with Crippen molar-refractivity contribution in [1.29, 1.82) is 0 Å². The number of halogens is 2. The first-order valence-corrected chi connectivity index (χ1v) is 10.5. The molecule has 2 aromatic carbocycles. The summed E-state index contributed by atoms with van der Waals surface area (Å²) in [6, 6.07) is 12.7. The Kier molecular flexibility index (Phi) is 6.30. The molecule has 32 heavy (non-hydrogen) atoms. The van der Waals surface area contributed by atoms with Crippen LogP contribution in [0.3, 0.4) is 0 Å². The number of aryl methyl sites for hydroxylation is 1. The number of benzene rings is 2. The van der Waals surface area contributed by atoms with E-state index in [1.807, 2.05) is 36.1 Å². The molecule has 1 amide bonds. The number of piperazine rings is 1. The number of carbonyl (C=O) groups is 1. The van der Waals surface area contributed by atoms with Crippen LogP contribution in [-0.4, -0.2) is 46.5 Å². The molecule has 3 aromatic rings. The van der Waals surface area contributed by atoms with Crippen molar-refractivity contribution in [3.63, 3.8) is 0 Å². The fourth-order valence-corrected chi connectivity index (χ4v) is 3.74. The van der Waals surface area contributed by atoms with Gasteiger partial charge in [0.1, 0.15) is 17.9 Å². The summed E-state index contributed by atoms with van der Waals surface area (Å²) in [6.07, 6.45) is 2.30. The quantitative estimate of drug-likeness (QED) is 0.589. The third-order valence-corrected chi connectivity index (χ3v) is 5.56. The van der Waals surface area contributed by atoms with Crippen molar-refractivity contribution in [3.8, 4) is 11.6 Å². The number of anilines is 1. The van der Waals surface area contributed by atoms with Crippen molar-refractivity contribution in [3.05, 3.63) is 77.6 Å². The smallest absolute Gasteiger partial charge is 0.254 e. The van der Waals surface area contributed by atoms with E-state index in [2.05, 4.69) is 21.8 Å². The lowest BCUT2D eigenvalue weighted by Gasteiger charge is -2.40. The number of carbonyl (C=O) groups excluding carboxylic acids is 1. The maximum atomic E-state index is 13.4. The third kappa shape index (κ3) is 4.69. The highest BCUT2D eigenvalue weighted by atomic mass is 19.2. The van der Waals surface area contributed by atoms with Crippen molar-refractivity contribution in [1.82, 2.24) is 14.9 Å². The van der Waals surface area contributed by atoms with Gasteiger partial charge in [0.25, 0.3) is 5.91 Å². The molecule has 4 rings (SSSR count). The molecule has 0 radical (unpaired) electrons. The summed E-state index contributed by atoms with van der Waals surface area (Å²) >= 11 is 0. The van der Waals surface area contributed by atoms with Gasteiger partial charge in [-0.3, -0.25) is 4.79 Å². The molecule has 8 heteroatoms. The molecule has 2 heterocycles. The van der Waals surface area contributed by atoms with Gasteiger partial charge in [-0.25, -0.2) is 18.7 Å². The Hall–Kier alpha value is -3.55. The average molecular weight is 438 g/mol. The second-order valence-corrected chi connectivity index (χ2v) is 7.74. The van der Waals surface area contributed by atoms with E-state index < -0.39 is 11.6 Å². The van der Waals surface area contributed by atoms with E-state index >= 15 is 0 Å². The molecule has 1 aromatic heterocycles. The van der Waals surface area contributed by atoms with Gasteiger partial charge in [0.05, 0.1) is 0 Å². The van der Waals surface area contributed by atoms with Crippen LogP contribution in [0.15, 0.2) is 54.9 Å². The monoisotopic (exact) mass is 438 g/mol. The number of nitrogens with zero attached hydrogens (tertiary/aromatic N) is 4. The number of hydrogen-bond donors (Lipinski definition) is 0. The minimum atomic E-state index is -0.990. The molecule has 166 valence electrons. The molecule has 1 saturated heterocycles. The Morgan fingerprint density at radius 2 is 1.84 bits per heavy atom. The number of hydrogen-bond acceptors (Lipinski definition) is 5. The summed E-state index contributed by atoms with van der Waals surface area (Å²) in [7, 11) is 0. The Morgan fingerprint density at radius 1 is 1.06 bits per heavy atom. The van der Waals surface area contributed by atoms with Crippen LogP contribution in [0.25, 0.3) is 0 Å². The predicted octanol–water partition coefficient (Wildman–Crippen LogP) is 4.46.